The first-order chi connectivity index (χ1) is 10.1. The maximum absolute atomic E-state index is 6.34. The molecule has 0 N–H and O–H groups in total. The molecule has 0 radical (unpaired) electrons. The van der Waals surface area contributed by atoms with Crippen LogP contribution in [0.5, 0.6) is 0 Å². The van der Waals surface area contributed by atoms with Gasteiger partial charge in [0.15, 0.2) is 0 Å². The smallest absolute Gasteiger partial charge is 0.128 e. The number of para-hydroxylation sites is 1. The zero-order chi connectivity index (χ0) is 15.0. The average Bonchev–Trinajstić information content (AvgIpc) is 2.82. The molecule has 0 amide bonds. The van der Waals surface area contributed by atoms with E-state index in [9.17, 15) is 0 Å². The van der Waals surface area contributed by atoms with E-state index in [0.717, 1.165) is 23.4 Å². The lowest BCUT2D eigenvalue weighted by molar-refractivity contribution is 0.738. The standard InChI is InChI=1S/C17H18ClN3/c1-11-5-4-6-15-16(11)20-17(13(3)18)21(15)10-14-7-8-19-9-12(14)2/h4-9,13H,10H2,1-3H3. The van der Waals surface area contributed by atoms with E-state index < -0.39 is 0 Å². The van der Waals surface area contributed by atoms with E-state index in [-0.39, 0.29) is 5.38 Å². The van der Waals surface area contributed by atoms with E-state index in [2.05, 4.69) is 47.7 Å². The van der Waals surface area contributed by atoms with Gasteiger partial charge >= 0.3 is 0 Å². The number of pyridine rings is 1. The number of aryl methyl sites for hydroxylation is 2. The molecule has 21 heavy (non-hydrogen) atoms. The van der Waals surface area contributed by atoms with Gasteiger partial charge in [-0.15, -0.1) is 11.6 Å². The van der Waals surface area contributed by atoms with Crippen LogP contribution < -0.4 is 0 Å². The van der Waals surface area contributed by atoms with Crippen LogP contribution >= 0.6 is 11.6 Å². The van der Waals surface area contributed by atoms with Crippen molar-refractivity contribution in [2.45, 2.75) is 32.7 Å². The summed E-state index contributed by atoms with van der Waals surface area (Å²) in [5, 5.41) is -0.126. The number of nitrogens with zero attached hydrogens (tertiary/aromatic N) is 3. The maximum atomic E-state index is 6.34. The molecule has 3 nitrogen and oxygen atoms in total. The van der Waals surface area contributed by atoms with Crippen molar-refractivity contribution in [3.63, 3.8) is 0 Å². The summed E-state index contributed by atoms with van der Waals surface area (Å²) in [5.74, 6) is 0.914. The molecule has 108 valence electrons. The first-order valence-corrected chi connectivity index (χ1v) is 7.51. The van der Waals surface area contributed by atoms with Gasteiger partial charge in [0.25, 0.3) is 0 Å². The molecule has 0 saturated carbocycles. The van der Waals surface area contributed by atoms with Gasteiger partial charge in [-0.1, -0.05) is 12.1 Å². The Bertz CT molecular complexity index is 790. The molecule has 0 aliphatic rings. The molecule has 0 fully saturated rings. The molecule has 0 saturated heterocycles. The fourth-order valence-electron chi connectivity index (χ4n) is 2.62. The Labute approximate surface area is 129 Å². The lowest BCUT2D eigenvalue weighted by atomic mass is 10.1. The molecule has 3 rings (SSSR count). The fourth-order valence-corrected chi connectivity index (χ4v) is 2.79. The van der Waals surface area contributed by atoms with Gasteiger partial charge in [0.2, 0.25) is 0 Å². The highest BCUT2D eigenvalue weighted by Gasteiger charge is 2.16. The second-order valence-electron chi connectivity index (χ2n) is 5.42. The minimum Gasteiger partial charge on any atom is -0.322 e. The van der Waals surface area contributed by atoms with Crippen molar-refractivity contribution in [3.8, 4) is 0 Å². The molecule has 2 aromatic heterocycles. The fraction of sp³-hybridized carbons (Fsp3) is 0.294. The molecule has 3 aromatic rings. The molecule has 1 unspecified atom stereocenters. The van der Waals surface area contributed by atoms with E-state index in [0.29, 0.717) is 0 Å². The summed E-state index contributed by atoms with van der Waals surface area (Å²) < 4.78 is 2.21. The number of rotatable bonds is 3. The number of aromatic nitrogens is 3. The topological polar surface area (TPSA) is 30.7 Å². The van der Waals surface area contributed by atoms with Crippen LogP contribution in [0, 0.1) is 13.8 Å². The molecule has 0 bridgehead atoms. The van der Waals surface area contributed by atoms with E-state index in [4.69, 9.17) is 16.6 Å². The predicted octanol–water partition coefficient (Wildman–Crippen LogP) is 4.40. The summed E-state index contributed by atoms with van der Waals surface area (Å²) in [6.45, 7) is 6.89. The quantitative estimate of drug-likeness (QED) is 0.671. The van der Waals surface area contributed by atoms with Crippen LogP contribution in [-0.4, -0.2) is 14.5 Å². The number of hydrogen-bond donors (Lipinski definition) is 0. The summed E-state index contributed by atoms with van der Waals surface area (Å²) in [6, 6.07) is 8.31. The van der Waals surface area contributed by atoms with Crippen molar-refractivity contribution in [2.24, 2.45) is 0 Å². The monoisotopic (exact) mass is 299 g/mol. The van der Waals surface area contributed by atoms with Gasteiger partial charge < -0.3 is 4.57 Å². The summed E-state index contributed by atoms with van der Waals surface area (Å²) in [7, 11) is 0. The van der Waals surface area contributed by atoms with E-state index in [1.165, 1.54) is 16.7 Å². The molecule has 4 heteroatoms. The third kappa shape index (κ3) is 2.54. The maximum Gasteiger partial charge on any atom is 0.128 e. The van der Waals surface area contributed by atoms with Crippen molar-refractivity contribution < 1.29 is 0 Å². The number of hydrogen-bond acceptors (Lipinski definition) is 2. The molecule has 0 aliphatic heterocycles. The van der Waals surface area contributed by atoms with Crippen LogP contribution in [-0.2, 0) is 6.54 Å². The Morgan fingerprint density at radius 3 is 2.71 bits per heavy atom. The van der Waals surface area contributed by atoms with Crippen LogP contribution in [0.3, 0.4) is 0 Å². The van der Waals surface area contributed by atoms with Gasteiger partial charge in [0, 0.05) is 18.9 Å². The minimum atomic E-state index is -0.126. The van der Waals surface area contributed by atoms with Crippen molar-refractivity contribution in [1.82, 2.24) is 14.5 Å². The largest absolute Gasteiger partial charge is 0.322 e. The van der Waals surface area contributed by atoms with Crippen LogP contribution in [0.2, 0.25) is 0 Å². The third-order valence-corrected chi connectivity index (χ3v) is 4.03. The molecule has 2 heterocycles. The van der Waals surface area contributed by atoms with E-state index in [1.807, 2.05) is 19.3 Å². The van der Waals surface area contributed by atoms with Crippen molar-refractivity contribution in [2.75, 3.05) is 0 Å². The highest BCUT2D eigenvalue weighted by molar-refractivity contribution is 6.20. The highest BCUT2D eigenvalue weighted by Crippen LogP contribution is 2.27. The second-order valence-corrected chi connectivity index (χ2v) is 6.07. The lowest BCUT2D eigenvalue weighted by Crippen LogP contribution is -2.07. The first-order valence-electron chi connectivity index (χ1n) is 7.07. The van der Waals surface area contributed by atoms with Gasteiger partial charge in [-0.05, 0) is 49.6 Å². The second kappa shape index (κ2) is 5.49. The van der Waals surface area contributed by atoms with E-state index in [1.54, 1.807) is 0 Å². The molecular weight excluding hydrogens is 282 g/mol. The molecular formula is C17H18ClN3. The molecule has 1 aromatic carbocycles. The van der Waals surface area contributed by atoms with Gasteiger partial charge in [0.1, 0.15) is 5.82 Å². The Hall–Kier alpha value is -1.87. The number of alkyl halides is 1. The van der Waals surface area contributed by atoms with Crippen LogP contribution in [0.1, 0.15) is 34.8 Å². The van der Waals surface area contributed by atoms with Crippen LogP contribution in [0.4, 0.5) is 0 Å². The average molecular weight is 300 g/mol. The van der Waals surface area contributed by atoms with Gasteiger partial charge in [-0.3, -0.25) is 4.98 Å². The number of imidazole rings is 1. The van der Waals surface area contributed by atoms with Gasteiger partial charge in [-0.25, -0.2) is 4.98 Å². The predicted molar refractivity (Wildman–Crippen MR) is 86.8 cm³/mol. The van der Waals surface area contributed by atoms with Crippen LogP contribution in [0.25, 0.3) is 11.0 Å². The number of halogens is 1. The summed E-state index contributed by atoms with van der Waals surface area (Å²) in [6.07, 6.45) is 3.72. The summed E-state index contributed by atoms with van der Waals surface area (Å²) in [4.78, 5) is 8.91. The van der Waals surface area contributed by atoms with Gasteiger partial charge in [-0.2, -0.15) is 0 Å². The Morgan fingerprint density at radius 2 is 2.00 bits per heavy atom. The number of benzene rings is 1. The third-order valence-electron chi connectivity index (χ3n) is 3.83. The minimum absolute atomic E-state index is 0.126. The Kier molecular flexibility index (Phi) is 3.68. The normalized spacial score (nSPS) is 12.8. The lowest BCUT2D eigenvalue weighted by Gasteiger charge is -2.12. The van der Waals surface area contributed by atoms with E-state index >= 15 is 0 Å². The zero-order valence-electron chi connectivity index (χ0n) is 12.5. The Morgan fingerprint density at radius 1 is 1.19 bits per heavy atom. The number of fused-ring (bicyclic) bond motifs is 1. The van der Waals surface area contributed by atoms with Crippen molar-refractivity contribution in [3.05, 3.63) is 59.2 Å². The highest BCUT2D eigenvalue weighted by atomic mass is 35.5. The summed E-state index contributed by atoms with van der Waals surface area (Å²) >= 11 is 6.34. The van der Waals surface area contributed by atoms with Crippen molar-refractivity contribution in [1.29, 1.82) is 0 Å². The molecule has 0 spiro atoms. The van der Waals surface area contributed by atoms with Crippen molar-refractivity contribution >= 4 is 22.6 Å². The first kappa shape index (κ1) is 14.1. The Balaban J connectivity index is 2.19. The zero-order valence-corrected chi connectivity index (χ0v) is 13.2. The van der Waals surface area contributed by atoms with Crippen LogP contribution in [0.15, 0.2) is 36.7 Å². The summed E-state index contributed by atoms with van der Waals surface area (Å²) in [5.41, 5.74) is 5.77. The molecule has 1 atom stereocenters. The molecule has 0 aliphatic carbocycles. The SMILES string of the molecule is Cc1cnccc1Cn1c(C(C)Cl)nc2c(C)cccc21. The van der Waals surface area contributed by atoms with Gasteiger partial charge in [0.05, 0.1) is 16.4 Å².